The summed E-state index contributed by atoms with van der Waals surface area (Å²) in [6.45, 7) is -0.103. The van der Waals surface area contributed by atoms with E-state index in [1.807, 2.05) is 0 Å². The molecule has 78 valence electrons. The molecule has 0 aliphatic heterocycles. The first-order valence-corrected chi connectivity index (χ1v) is 5.07. The maximum Gasteiger partial charge on any atom is 0.188 e. The van der Waals surface area contributed by atoms with E-state index in [1.54, 1.807) is 6.26 Å². The van der Waals surface area contributed by atoms with E-state index in [4.69, 9.17) is 4.74 Å². The van der Waals surface area contributed by atoms with E-state index in [2.05, 4.69) is 4.74 Å². The second-order valence-electron chi connectivity index (χ2n) is 2.44. The molecule has 1 aromatic carbocycles. The molecule has 0 fully saturated rings. The van der Waals surface area contributed by atoms with Crippen LogP contribution in [0.4, 0.5) is 8.78 Å². The Bertz CT molecular complexity index is 318. The van der Waals surface area contributed by atoms with Gasteiger partial charge in [0.25, 0.3) is 0 Å². The minimum Gasteiger partial charge on any atom is -0.463 e. The Kier molecular flexibility index (Phi) is 4.16. The smallest absolute Gasteiger partial charge is 0.188 e. The van der Waals surface area contributed by atoms with Gasteiger partial charge in [-0.15, -0.1) is 11.8 Å². The molecule has 0 N–H and O–H groups in total. The first kappa shape index (κ1) is 11.3. The molecule has 0 aliphatic rings. The van der Waals surface area contributed by atoms with Crippen LogP contribution in [-0.4, -0.2) is 20.2 Å². The van der Waals surface area contributed by atoms with Crippen LogP contribution in [0.3, 0.4) is 0 Å². The van der Waals surface area contributed by atoms with E-state index in [1.165, 1.54) is 7.11 Å². The Hall–Kier alpha value is -0.810. The molecule has 0 atom stereocenters. The molecule has 0 aliphatic carbocycles. The summed E-state index contributed by atoms with van der Waals surface area (Å²) < 4.78 is 35.9. The summed E-state index contributed by atoms with van der Waals surface area (Å²) in [5.74, 6) is -1.18. The lowest BCUT2D eigenvalue weighted by Gasteiger charge is -2.10. The number of halogens is 2. The zero-order valence-electron chi connectivity index (χ0n) is 7.84. The Balaban J connectivity index is 3.03. The Morgan fingerprint density at radius 1 is 1.29 bits per heavy atom. The lowest BCUT2D eigenvalue weighted by Crippen LogP contribution is -2.03. The third kappa shape index (κ3) is 2.36. The van der Waals surface area contributed by atoms with Crippen LogP contribution < -0.4 is 4.74 Å². The quantitative estimate of drug-likeness (QED) is 0.574. The van der Waals surface area contributed by atoms with E-state index in [-0.39, 0.29) is 17.4 Å². The van der Waals surface area contributed by atoms with Crippen molar-refractivity contribution in [3.05, 3.63) is 23.8 Å². The van der Waals surface area contributed by atoms with Gasteiger partial charge in [-0.05, 0) is 18.4 Å². The summed E-state index contributed by atoms with van der Waals surface area (Å²) in [5, 5.41) is 0. The fourth-order valence-electron chi connectivity index (χ4n) is 0.957. The molecule has 0 saturated carbocycles. The molecule has 0 radical (unpaired) electrons. The second-order valence-corrected chi connectivity index (χ2v) is 3.26. The molecular formula is C9H10F2O2S. The van der Waals surface area contributed by atoms with Gasteiger partial charge in [-0.3, -0.25) is 0 Å². The highest BCUT2D eigenvalue weighted by Crippen LogP contribution is 2.32. The maximum absolute atomic E-state index is 13.2. The van der Waals surface area contributed by atoms with Gasteiger partial charge in [0.05, 0.1) is 4.90 Å². The molecule has 0 saturated heterocycles. The van der Waals surface area contributed by atoms with Gasteiger partial charge < -0.3 is 9.47 Å². The number of benzene rings is 1. The molecule has 1 rings (SSSR count). The van der Waals surface area contributed by atoms with Gasteiger partial charge in [0.2, 0.25) is 0 Å². The zero-order valence-corrected chi connectivity index (χ0v) is 8.66. The summed E-state index contributed by atoms with van der Waals surface area (Å²) in [7, 11) is 1.41. The number of ether oxygens (including phenoxy) is 2. The lowest BCUT2D eigenvalue weighted by molar-refractivity contribution is 0.0457. The van der Waals surface area contributed by atoms with Crippen LogP contribution >= 0.6 is 11.8 Å². The standard InChI is InChI=1S/C9H10F2O2S/c1-12-5-13-8-6(10)3-4-7(11)9(8)14-2/h3-4H,5H2,1-2H3. The third-order valence-corrected chi connectivity index (χ3v) is 2.33. The summed E-state index contributed by atoms with van der Waals surface area (Å²) >= 11 is 1.09. The summed E-state index contributed by atoms with van der Waals surface area (Å²) in [5.41, 5.74) is 0. The van der Waals surface area contributed by atoms with Crippen molar-refractivity contribution >= 4 is 11.8 Å². The highest BCUT2D eigenvalue weighted by atomic mass is 32.2. The van der Waals surface area contributed by atoms with Gasteiger partial charge in [-0.25, -0.2) is 8.78 Å². The van der Waals surface area contributed by atoms with E-state index in [0.29, 0.717) is 0 Å². The maximum atomic E-state index is 13.2. The van der Waals surface area contributed by atoms with Crippen molar-refractivity contribution in [1.82, 2.24) is 0 Å². The van der Waals surface area contributed by atoms with Crippen molar-refractivity contribution < 1.29 is 18.3 Å². The van der Waals surface area contributed by atoms with Crippen LogP contribution in [0.25, 0.3) is 0 Å². The summed E-state index contributed by atoms with van der Waals surface area (Å²) in [4.78, 5) is 0.155. The van der Waals surface area contributed by atoms with Gasteiger partial charge >= 0.3 is 0 Å². The van der Waals surface area contributed by atoms with Gasteiger partial charge in [-0.2, -0.15) is 0 Å². The predicted octanol–water partition coefficient (Wildman–Crippen LogP) is 2.67. The molecule has 0 unspecified atom stereocenters. The molecule has 0 bridgehead atoms. The minimum absolute atomic E-state index is 0.0978. The Morgan fingerprint density at radius 2 is 1.93 bits per heavy atom. The molecule has 0 heterocycles. The monoisotopic (exact) mass is 220 g/mol. The average Bonchev–Trinajstić information content (AvgIpc) is 2.19. The summed E-state index contributed by atoms with van der Waals surface area (Å²) in [6, 6.07) is 2.10. The molecule has 0 amide bonds. The Morgan fingerprint density at radius 3 is 2.50 bits per heavy atom. The highest BCUT2D eigenvalue weighted by Gasteiger charge is 2.14. The summed E-state index contributed by atoms with van der Waals surface area (Å²) in [6.07, 6.45) is 1.65. The van der Waals surface area contributed by atoms with E-state index in [0.717, 1.165) is 23.9 Å². The van der Waals surface area contributed by atoms with Crippen LogP contribution in [0, 0.1) is 11.6 Å². The van der Waals surface area contributed by atoms with Gasteiger partial charge in [0, 0.05) is 7.11 Å². The number of hydrogen-bond acceptors (Lipinski definition) is 3. The first-order valence-electron chi connectivity index (χ1n) is 3.84. The topological polar surface area (TPSA) is 18.5 Å². The first-order chi connectivity index (χ1) is 6.70. The molecule has 5 heteroatoms. The van der Waals surface area contributed by atoms with Crippen molar-refractivity contribution in [2.45, 2.75) is 4.90 Å². The normalized spacial score (nSPS) is 10.3. The molecule has 0 aromatic heterocycles. The predicted molar refractivity (Wildman–Crippen MR) is 50.6 cm³/mol. The van der Waals surface area contributed by atoms with Crippen molar-refractivity contribution in [3.63, 3.8) is 0 Å². The number of thioether (sulfide) groups is 1. The lowest BCUT2D eigenvalue weighted by atomic mass is 10.3. The number of rotatable bonds is 4. The zero-order chi connectivity index (χ0) is 10.6. The average molecular weight is 220 g/mol. The van der Waals surface area contributed by atoms with Crippen LogP contribution in [0.1, 0.15) is 0 Å². The highest BCUT2D eigenvalue weighted by molar-refractivity contribution is 7.98. The van der Waals surface area contributed by atoms with Crippen molar-refractivity contribution in [2.75, 3.05) is 20.2 Å². The van der Waals surface area contributed by atoms with Crippen molar-refractivity contribution in [2.24, 2.45) is 0 Å². The second kappa shape index (κ2) is 5.17. The van der Waals surface area contributed by atoms with Crippen LogP contribution in [0.15, 0.2) is 17.0 Å². The van der Waals surface area contributed by atoms with E-state index < -0.39 is 11.6 Å². The molecule has 2 nitrogen and oxygen atoms in total. The fraction of sp³-hybridized carbons (Fsp3) is 0.333. The number of methoxy groups -OCH3 is 1. The molecule has 14 heavy (non-hydrogen) atoms. The van der Waals surface area contributed by atoms with Crippen LogP contribution in [0.5, 0.6) is 5.75 Å². The van der Waals surface area contributed by atoms with Gasteiger partial charge in [-0.1, -0.05) is 0 Å². The molecular weight excluding hydrogens is 210 g/mol. The van der Waals surface area contributed by atoms with E-state index >= 15 is 0 Å². The Labute approximate surface area is 85.2 Å². The van der Waals surface area contributed by atoms with Crippen molar-refractivity contribution in [1.29, 1.82) is 0 Å². The van der Waals surface area contributed by atoms with Crippen molar-refractivity contribution in [3.8, 4) is 5.75 Å². The van der Waals surface area contributed by atoms with E-state index in [9.17, 15) is 8.78 Å². The molecule has 1 aromatic rings. The van der Waals surface area contributed by atoms with Crippen LogP contribution in [-0.2, 0) is 4.74 Å². The fourth-order valence-corrected chi connectivity index (χ4v) is 1.56. The minimum atomic E-state index is -0.590. The SMILES string of the molecule is COCOc1c(F)ccc(F)c1SC. The largest absolute Gasteiger partial charge is 0.463 e. The van der Waals surface area contributed by atoms with Gasteiger partial charge in [0.15, 0.2) is 18.4 Å². The van der Waals surface area contributed by atoms with Crippen LogP contribution in [0.2, 0.25) is 0 Å². The van der Waals surface area contributed by atoms with Gasteiger partial charge in [0.1, 0.15) is 5.82 Å². The third-order valence-electron chi connectivity index (χ3n) is 1.54. The molecule has 0 spiro atoms. The number of hydrogen-bond donors (Lipinski definition) is 0.